The Labute approximate surface area is 82.6 Å². The van der Waals surface area contributed by atoms with Gasteiger partial charge < -0.3 is 9.47 Å². The summed E-state index contributed by atoms with van der Waals surface area (Å²) < 4.78 is 10.8. The van der Waals surface area contributed by atoms with E-state index in [0.717, 1.165) is 38.4 Å². The maximum Gasteiger partial charge on any atom is 0.0992 e. The minimum Gasteiger partial charge on any atom is -0.378 e. The molecule has 0 aromatic heterocycles. The normalized spacial score (nSPS) is 13.6. The minimum atomic E-state index is 0.293. The van der Waals surface area contributed by atoms with Gasteiger partial charge in [-0.2, -0.15) is 0 Å². The van der Waals surface area contributed by atoms with Gasteiger partial charge >= 0.3 is 0 Å². The van der Waals surface area contributed by atoms with Crippen molar-refractivity contribution < 1.29 is 9.47 Å². The molecule has 0 heterocycles. The number of ether oxygens (including phenoxy) is 2. The number of hydrogen-bond donors (Lipinski definition) is 0. The first-order valence-electron chi connectivity index (χ1n) is 5.24. The second-order valence-corrected chi connectivity index (χ2v) is 3.38. The second-order valence-electron chi connectivity index (χ2n) is 3.38. The van der Waals surface area contributed by atoms with Gasteiger partial charge in [-0.1, -0.05) is 20.3 Å². The van der Waals surface area contributed by atoms with Gasteiger partial charge in [-0.25, -0.2) is 0 Å². The lowest BCUT2D eigenvalue weighted by Crippen LogP contribution is -2.14. The zero-order valence-corrected chi connectivity index (χ0v) is 9.43. The summed E-state index contributed by atoms with van der Waals surface area (Å²) in [5.41, 5.74) is 0. The van der Waals surface area contributed by atoms with Crippen LogP contribution < -0.4 is 0 Å². The summed E-state index contributed by atoms with van der Waals surface area (Å²) in [6.07, 6.45) is 5.66. The molecule has 79 valence electrons. The third-order valence-corrected chi connectivity index (χ3v) is 1.94. The fraction of sp³-hybridized carbons (Fsp3) is 0.909. The van der Waals surface area contributed by atoms with E-state index in [1.54, 1.807) is 7.11 Å². The van der Waals surface area contributed by atoms with Crippen LogP contribution in [0.15, 0.2) is 0 Å². The molecule has 0 rings (SSSR count). The average Bonchev–Trinajstić information content (AvgIpc) is 2.14. The Bertz CT molecular complexity index is 104. The highest BCUT2D eigenvalue weighted by Crippen LogP contribution is 2.17. The molecule has 1 unspecified atom stereocenters. The molecule has 0 aliphatic heterocycles. The largest absolute Gasteiger partial charge is 0.378 e. The molecule has 1 radical (unpaired) electrons. The van der Waals surface area contributed by atoms with Crippen molar-refractivity contribution in [2.24, 2.45) is 0 Å². The first-order valence-corrected chi connectivity index (χ1v) is 5.24. The maximum absolute atomic E-state index is 5.57. The van der Waals surface area contributed by atoms with Crippen LogP contribution in [0.5, 0.6) is 0 Å². The van der Waals surface area contributed by atoms with Crippen molar-refractivity contribution in [1.29, 1.82) is 0 Å². The fourth-order valence-corrected chi connectivity index (χ4v) is 1.26. The van der Waals surface area contributed by atoms with Crippen LogP contribution in [0.4, 0.5) is 0 Å². The molecule has 0 spiro atoms. The number of hydrogen-bond acceptors (Lipinski definition) is 2. The molecule has 2 heteroatoms. The van der Waals surface area contributed by atoms with E-state index in [2.05, 4.69) is 20.8 Å². The van der Waals surface area contributed by atoms with Crippen LogP contribution >= 0.6 is 0 Å². The minimum absolute atomic E-state index is 0.293. The van der Waals surface area contributed by atoms with Crippen molar-refractivity contribution >= 4 is 0 Å². The highest BCUT2D eigenvalue weighted by molar-refractivity contribution is 4.79. The average molecular weight is 187 g/mol. The van der Waals surface area contributed by atoms with Gasteiger partial charge in [-0.05, 0) is 19.8 Å². The summed E-state index contributed by atoms with van der Waals surface area (Å²) in [5, 5.41) is 0. The zero-order chi connectivity index (χ0) is 10.1. The quantitative estimate of drug-likeness (QED) is 0.581. The molecule has 1 atom stereocenters. The van der Waals surface area contributed by atoms with Crippen LogP contribution in [0.1, 0.15) is 46.5 Å². The molecule has 2 nitrogen and oxygen atoms in total. The molecule has 0 N–H and O–H groups in total. The standard InChI is InChI=1S/C11H23O2/c1-5-7-11(12-4)9-10(3)13-8-6-2/h10H,5-9H2,1-4H3. The van der Waals surface area contributed by atoms with Crippen molar-refractivity contribution in [3.05, 3.63) is 6.10 Å². The van der Waals surface area contributed by atoms with Gasteiger partial charge in [-0.3, -0.25) is 0 Å². The maximum atomic E-state index is 5.57. The summed E-state index contributed by atoms with van der Waals surface area (Å²) in [4.78, 5) is 0. The van der Waals surface area contributed by atoms with E-state index < -0.39 is 0 Å². The smallest absolute Gasteiger partial charge is 0.0992 e. The van der Waals surface area contributed by atoms with Gasteiger partial charge in [0.1, 0.15) is 0 Å². The van der Waals surface area contributed by atoms with Crippen molar-refractivity contribution in [3.63, 3.8) is 0 Å². The Balaban J connectivity index is 3.53. The molecule has 0 aliphatic rings. The lowest BCUT2D eigenvalue weighted by molar-refractivity contribution is 0.0407. The van der Waals surface area contributed by atoms with Crippen molar-refractivity contribution in [1.82, 2.24) is 0 Å². The van der Waals surface area contributed by atoms with E-state index in [-0.39, 0.29) is 0 Å². The monoisotopic (exact) mass is 187 g/mol. The Hall–Kier alpha value is -0.0800. The molecule has 0 aromatic rings. The van der Waals surface area contributed by atoms with Crippen molar-refractivity contribution in [2.45, 2.75) is 52.6 Å². The second kappa shape index (κ2) is 8.52. The van der Waals surface area contributed by atoms with Crippen LogP contribution in [-0.2, 0) is 9.47 Å². The molecule has 0 bridgehead atoms. The molecule has 0 saturated heterocycles. The molecule has 0 aliphatic carbocycles. The number of rotatable bonds is 8. The van der Waals surface area contributed by atoms with Crippen LogP contribution in [0.3, 0.4) is 0 Å². The molecular formula is C11H23O2. The van der Waals surface area contributed by atoms with Crippen molar-refractivity contribution in [2.75, 3.05) is 13.7 Å². The Morgan fingerprint density at radius 2 is 1.92 bits per heavy atom. The SMILES string of the molecule is CCCOC(C)C[C](CCC)OC. The van der Waals surface area contributed by atoms with Crippen LogP contribution in [-0.4, -0.2) is 19.8 Å². The zero-order valence-electron chi connectivity index (χ0n) is 9.43. The topological polar surface area (TPSA) is 18.5 Å². The van der Waals surface area contributed by atoms with Gasteiger partial charge in [0.25, 0.3) is 0 Å². The summed E-state index contributed by atoms with van der Waals surface area (Å²) in [6, 6.07) is 0. The van der Waals surface area contributed by atoms with Crippen LogP contribution in [0.25, 0.3) is 0 Å². The van der Waals surface area contributed by atoms with Gasteiger partial charge in [-0.15, -0.1) is 0 Å². The molecule has 0 amide bonds. The van der Waals surface area contributed by atoms with E-state index >= 15 is 0 Å². The molecule has 0 aromatic carbocycles. The van der Waals surface area contributed by atoms with E-state index in [1.807, 2.05) is 0 Å². The Morgan fingerprint density at radius 1 is 1.23 bits per heavy atom. The molecule has 13 heavy (non-hydrogen) atoms. The highest BCUT2D eigenvalue weighted by Gasteiger charge is 2.12. The molecule has 0 fully saturated rings. The Kier molecular flexibility index (Phi) is 8.46. The lowest BCUT2D eigenvalue weighted by Gasteiger charge is -2.18. The first kappa shape index (κ1) is 12.9. The third-order valence-electron chi connectivity index (χ3n) is 1.94. The lowest BCUT2D eigenvalue weighted by atomic mass is 10.1. The van der Waals surface area contributed by atoms with E-state index in [0.29, 0.717) is 6.10 Å². The predicted molar refractivity (Wildman–Crippen MR) is 55.5 cm³/mol. The fourth-order valence-electron chi connectivity index (χ4n) is 1.26. The summed E-state index contributed by atoms with van der Waals surface area (Å²) in [6.45, 7) is 7.24. The first-order chi connectivity index (χ1) is 6.24. The highest BCUT2D eigenvalue weighted by atomic mass is 16.5. The third kappa shape index (κ3) is 7.03. The van der Waals surface area contributed by atoms with E-state index in [1.165, 1.54) is 0 Å². The Morgan fingerprint density at radius 3 is 2.38 bits per heavy atom. The van der Waals surface area contributed by atoms with Gasteiger partial charge in [0, 0.05) is 20.1 Å². The van der Waals surface area contributed by atoms with Gasteiger partial charge in [0.05, 0.1) is 12.2 Å². The van der Waals surface area contributed by atoms with E-state index in [9.17, 15) is 0 Å². The number of methoxy groups -OCH3 is 1. The summed E-state index contributed by atoms with van der Waals surface area (Å²) >= 11 is 0. The van der Waals surface area contributed by atoms with Crippen LogP contribution in [0.2, 0.25) is 0 Å². The van der Waals surface area contributed by atoms with Gasteiger partial charge in [0.2, 0.25) is 0 Å². The van der Waals surface area contributed by atoms with E-state index in [4.69, 9.17) is 9.47 Å². The van der Waals surface area contributed by atoms with Crippen LogP contribution in [0, 0.1) is 6.10 Å². The van der Waals surface area contributed by atoms with Crippen molar-refractivity contribution in [3.8, 4) is 0 Å². The predicted octanol–water partition coefficient (Wildman–Crippen LogP) is 3.17. The summed E-state index contributed by atoms with van der Waals surface area (Å²) in [5.74, 6) is 0. The molecule has 0 saturated carbocycles. The van der Waals surface area contributed by atoms with Gasteiger partial charge in [0.15, 0.2) is 0 Å². The summed E-state index contributed by atoms with van der Waals surface area (Å²) in [7, 11) is 1.75. The molecular weight excluding hydrogens is 164 g/mol.